The fraction of sp³-hybridized carbons (Fsp3) is 0.600. The molecular weight excluding hydrogens is 236 g/mol. The number of hydrogen-bond acceptors (Lipinski definition) is 4. The molecule has 4 heteroatoms. The van der Waals surface area contributed by atoms with Crippen LogP contribution in [0.3, 0.4) is 0 Å². The van der Waals surface area contributed by atoms with E-state index in [0.29, 0.717) is 0 Å². The first-order valence-corrected chi connectivity index (χ1v) is 6.91. The number of nitrogens with one attached hydrogen (secondary N) is 1. The predicted molar refractivity (Wildman–Crippen MR) is 79.3 cm³/mol. The van der Waals surface area contributed by atoms with Crippen LogP contribution in [0.25, 0.3) is 0 Å². The van der Waals surface area contributed by atoms with Crippen LogP contribution >= 0.6 is 0 Å². The first-order valence-electron chi connectivity index (χ1n) is 6.91. The van der Waals surface area contributed by atoms with Crippen LogP contribution in [-0.2, 0) is 12.0 Å². The summed E-state index contributed by atoms with van der Waals surface area (Å²) in [5.41, 5.74) is 2.73. The lowest BCUT2D eigenvalue weighted by Gasteiger charge is -2.27. The van der Waals surface area contributed by atoms with Crippen LogP contribution in [0.15, 0.2) is 23.5 Å². The van der Waals surface area contributed by atoms with E-state index in [2.05, 4.69) is 54.1 Å². The molecule has 1 N–H and O–H groups in total. The Hall–Kier alpha value is -1.58. The Kier molecular flexibility index (Phi) is 4.08. The molecule has 0 atom stereocenters. The van der Waals surface area contributed by atoms with Gasteiger partial charge in [-0.1, -0.05) is 20.8 Å². The van der Waals surface area contributed by atoms with E-state index >= 15 is 0 Å². The van der Waals surface area contributed by atoms with Crippen molar-refractivity contribution in [2.45, 2.75) is 39.2 Å². The third-order valence-corrected chi connectivity index (χ3v) is 3.42. The molecule has 1 aromatic heterocycles. The molecule has 0 saturated carbocycles. The van der Waals surface area contributed by atoms with Gasteiger partial charge in [0.15, 0.2) is 5.96 Å². The second-order valence-electron chi connectivity index (χ2n) is 6.12. The zero-order valence-corrected chi connectivity index (χ0v) is 12.4. The second-order valence-corrected chi connectivity index (χ2v) is 6.12. The highest BCUT2D eigenvalue weighted by atomic mass is 15.3. The largest absolute Gasteiger partial charge is 0.352 e. The third kappa shape index (κ3) is 3.46. The van der Waals surface area contributed by atoms with Gasteiger partial charge in [0.2, 0.25) is 0 Å². The summed E-state index contributed by atoms with van der Waals surface area (Å²) in [5.74, 6) is 0.995. The first-order chi connectivity index (χ1) is 8.98. The molecule has 1 aliphatic rings. The van der Waals surface area contributed by atoms with Crippen molar-refractivity contribution in [2.75, 3.05) is 20.1 Å². The molecule has 0 saturated heterocycles. The van der Waals surface area contributed by atoms with E-state index in [0.717, 1.165) is 32.0 Å². The highest BCUT2D eigenvalue weighted by Crippen LogP contribution is 2.24. The molecule has 0 bridgehead atoms. The summed E-state index contributed by atoms with van der Waals surface area (Å²) in [4.78, 5) is 11.0. The summed E-state index contributed by atoms with van der Waals surface area (Å²) >= 11 is 0. The summed E-state index contributed by atoms with van der Waals surface area (Å²) in [5, 5.41) is 3.44. The number of guanidine groups is 1. The Labute approximate surface area is 115 Å². The van der Waals surface area contributed by atoms with Crippen molar-refractivity contribution in [3.05, 3.63) is 29.6 Å². The molecule has 0 aromatic carbocycles. The number of nitrogens with zero attached hydrogens (tertiary/aromatic N) is 3. The molecule has 0 radical (unpaired) electrons. The average molecular weight is 260 g/mol. The molecule has 2 rings (SSSR count). The van der Waals surface area contributed by atoms with Gasteiger partial charge in [-0.3, -0.25) is 9.98 Å². The number of hydrogen-bond donors (Lipinski definition) is 1. The summed E-state index contributed by atoms with van der Waals surface area (Å²) in [6.45, 7) is 9.47. The molecular formula is C15H24N4. The minimum absolute atomic E-state index is 0.139. The van der Waals surface area contributed by atoms with E-state index in [1.807, 2.05) is 12.4 Å². The van der Waals surface area contributed by atoms with E-state index < -0.39 is 0 Å². The Morgan fingerprint density at radius 2 is 2.16 bits per heavy atom. The van der Waals surface area contributed by atoms with Gasteiger partial charge < -0.3 is 10.2 Å². The summed E-state index contributed by atoms with van der Waals surface area (Å²) in [6, 6.07) is 2.11. The van der Waals surface area contributed by atoms with Crippen LogP contribution in [0.2, 0.25) is 0 Å². The molecule has 19 heavy (non-hydrogen) atoms. The zero-order chi connectivity index (χ0) is 13.9. The number of rotatable bonds is 2. The van der Waals surface area contributed by atoms with Crippen molar-refractivity contribution in [1.29, 1.82) is 0 Å². The fourth-order valence-electron chi connectivity index (χ4n) is 2.38. The van der Waals surface area contributed by atoms with Crippen LogP contribution in [0, 0.1) is 0 Å². The number of aromatic nitrogens is 1. The SMILES string of the molecule is CN1CCCN=C1NCc1cnccc1C(C)(C)C. The highest BCUT2D eigenvalue weighted by Gasteiger charge is 2.18. The van der Waals surface area contributed by atoms with Crippen molar-refractivity contribution in [1.82, 2.24) is 15.2 Å². The van der Waals surface area contributed by atoms with Gasteiger partial charge in [-0.15, -0.1) is 0 Å². The smallest absolute Gasteiger partial charge is 0.193 e. The topological polar surface area (TPSA) is 40.5 Å². The van der Waals surface area contributed by atoms with Crippen molar-refractivity contribution in [3.63, 3.8) is 0 Å². The van der Waals surface area contributed by atoms with E-state index in [4.69, 9.17) is 0 Å². The van der Waals surface area contributed by atoms with Gasteiger partial charge in [-0.25, -0.2) is 0 Å². The Morgan fingerprint density at radius 3 is 2.84 bits per heavy atom. The van der Waals surface area contributed by atoms with Crippen molar-refractivity contribution >= 4 is 5.96 Å². The molecule has 2 heterocycles. The van der Waals surface area contributed by atoms with Crippen LogP contribution in [-0.4, -0.2) is 36.0 Å². The lowest BCUT2D eigenvalue weighted by molar-refractivity contribution is 0.445. The van der Waals surface area contributed by atoms with Crippen LogP contribution in [0.1, 0.15) is 38.3 Å². The molecule has 104 valence electrons. The maximum atomic E-state index is 4.53. The molecule has 0 amide bonds. The monoisotopic (exact) mass is 260 g/mol. The van der Waals surface area contributed by atoms with Crippen molar-refractivity contribution in [3.8, 4) is 0 Å². The molecule has 4 nitrogen and oxygen atoms in total. The van der Waals surface area contributed by atoms with E-state index in [1.165, 1.54) is 11.1 Å². The minimum atomic E-state index is 0.139. The molecule has 0 fully saturated rings. The van der Waals surface area contributed by atoms with E-state index in [-0.39, 0.29) is 5.41 Å². The van der Waals surface area contributed by atoms with Gasteiger partial charge in [-0.05, 0) is 29.0 Å². The zero-order valence-electron chi connectivity index (χ0n) is 12.4. The van der Waals surface area contributed by atoms with Gasteiger partial charge in [-0.2, -0.15) is 0 Å². The van der Waals surface area contributed by atoms with Gasteiger partial charge in [0.1, 0.15) is 0 Å². The highest BCUT2D eigenvalue weighted by molar-refractivity contribution is 5.80. The second kappa shape index (κ2) is 5.59. The van der Waals surface area contributed by atoms with E-state index in [9.17, 15) is 0 Å². The fourth-order valence-corrected chi connectivity index (χ4v) is 2.38. The molecule has 1 aromatic rings. The molecule has 0 aliphatic carbocycles. The summed E-state index contributed by atoms with van der Waals surface area (Å²) in [7, 11) is 2.08. The predicted octanol–water partition coefficient (Wildman–Crippen LogP) is 2.16. The normalized spacial score (nSPS) is 16.2. The van der Waals surface area contributed by atoms with Crippen LogP contribution in [0.4, 0.5) is 0 Å². The third-order valence-electron chi connectivity index (χ3n) is 3.42. The molecule has 1 aliphatic heterocycles. The van der Waals surface area contributed by atoms with E-state index in [1.54, 1.807) is 0 Å². The standard InChI is InChI=1S/C15H24N4/c1-15(2,3)13-6-8-16-10-12(13)11-18-14-17-7-5-9-19(14)4/h6,8,10H,5,7,9,11H2,1-4H3,(H,17,18). The van der Waals surface area contributed by atoms with Gasteiger partial charge in [0.25, 0.3) is 0 Å². The molecule has 0 unspecified atom stereocenters. The van der Waals surface area contributed by atoms with Gasteiger partial charge in [0.05, 0.1) is 0 Å². The summed E-state index contributed by atoms with van der Waals surface area (Å²) in [6.07, 6.45) is 4.97. The van der Waals surface area contributed by atoms with Crippen molar-refractivity contribution < 1.29 is 0 Å². The first kappa shape index (κ1) is 13.8. The lowest BCUT2D eigenvalue weighted by atomic mass is 9.85. The van der Waals surface area contributed by atoms with Gasteiger partial charge in [0, 0.05) is 39.1 Å². The van der Waals surface area contributed by atoms with Crippen LogP contribution < -0.4 is 5.32 Å². The quantitative estimate of drug-likeness (QED) is 0.886. The maximum absolute atomic E-state index is 4.53. The maximum Gasteiger partial charge on any atom is 0.193 e. The Balaban J connectivity index is 2.10. The average Bonchev–Trinajstić information content (AvgIpc) is 2.37. The molecule has 0 spiro atoms. The van der Waals surface area contributed by atoms with Gasteiger partial charge >= 0.3 is 0 Å². The lowest BCUT2D eigenvalue weighted by Crippen LogP contribution is -2.42. The van der Waals surface area contributed by atoms with Crippen molar-refractivity contribution in [2.24, 2.45) is 4.99 Å². The summed E-state index contributed by atoms with van der Waals surface area (Å²) < 4.78 is 0. The minimum Gasteiger partial charge on any atom is -0.352 e. The Bertz CT molecular complexity index is 459. The number of pyridine rings is 1. The van der Waals surface area contributed by atoms with Crippen LogP contribution in [0.5, 0.6) is 0 Å². The Morgan fingerprint density at radius 1 is 1.37 bits per heavy atom. The number of aliphatic imine (C=N–C) groups is 1.